The molecule has 1 aromatic rings. The summed E-state index contributed by atoms with van der Waals surface area (Å²) in [5.74, 6) is 0. The summed E-state index contributed by atoms with van der Waals surface area (Å²) in [6.07, 6.45) is 0. The third kappa shape index (κ3) is 3.20. The van der Waals surface area contributed by atoms with E-state index in [-0.39, 0.29) is 0 Å². The molecule has 0 amide bonds. The number of thiocarbonyl (C=S) groups is 1. The van der Waals surface area contributed by atoms with Crippen LogP contribution in [0.25, 0.3) is 0 Å². The second-order valence-corrected chi connectivity index (χ2v) is 3.74. The Kier molecular flexibility index (Phi) is 3.51. The first kappa shape index (κ1) is 10.3. The Balaban J connectivity index is 2.72. The number of hydrogen-bond donors (Lipinski definition) is 2. The Morgan fingerprint density at radius 1 is 1.62 bits per heavy atom. The van der Waals surface area contributed by atoms with Crippen molar-refractivity contribution in [2.75, 3.05) is 11.9 Å². The number of aryl methyl sites for hydroxylation is 1. The molecular formula is C9H11ClN2S. The maximum atomic E-state index is 5.80. The van der Waals surface area contributed by atoms with Crippen LogP contribution in [0.5, 0.6) is 0 Å². The van der Waals surface area contributed by atoms with Gasteiger partial charge in [0.05, 0.1) is 11.5 Å². The van der Waals surface area contributed by atoms with Gasteiger partial charge in [-0.25, -0.2) is 0 Å². The van der Waals surface area contributed by atoms with Crippen molar-refractivity contribution in [3.63, 3.8) is 0 Å². The third-order valence-corrected chi connectivity index (χ3v) is 2.02. The van der Waals surface area contributed by atoms with Crippen molar-refractivity contribution in [3.05, 3.63) is 28.8 Å². The van der Waals surface area contributed by atoms with E-state index in [1.165, 1.54) is 0 Å². The van der Waals surface area contributed by atoms with E-state index in [4.69, 9.17) is 29.6 Å². The highest BCUT2D eigenvalue weighted by Crippen LogP contribution is 2.18. The zero-order valence-electron chi connectivity index (χ0n) is 7.30. The molecule has 0 saturated carbocycles. The molecule has 70 valence electrons. The molecule has 0 aliphatic heterocycles. The van der Waals surface area contributed by atoms with E-state index in [0.29, 0.717) is 11.5 Å². The summed E-state index contributed by atoms with van der Waals surface area (Å²) in [6, 6.07) is 5.63. The number of benzene rings is 1. The highest BCUT2D eigenvalue weighted by Gasteiger charge is 1.98. The molecule has 0 saturated heterocycles. The first-order chi connectivity index (χ1) is 6.09. The van der Waals surface area contributed by atoms with Crippen molar-refractivity contribution in [2.24, 2.45) is 5.73 Å². The quantitative estimate of drug-likeness (QED) is 0.759. The van der Waals surface area contributed by atoms with Crippen LogP contribution < -0.4 is 11.1 Å². The lowest BCUT2D eigenvalue weighted by molar-refractivity contribution is 1.34. The molecule has 0 aliphatic carbocycles. The Labute approximate surface area is 88.1 Å². The van der Waals surface area contributed by atoms with Crippen LogP contribution in [0, 0.1) is 6.92 Å². The van der Waals surface area contributed by atoms with Crippen LogP contribution in [0.15, 0.2) is 18.2 Å². The summed E-state index contributed by atoms with van der Waals surface area (Å²) in [7, 11) is 0. The van der Waals surface area contributed by atoms with E-state index in [0.717, 1.165) is 16.3 Å². The molecule has 0 fully saturated rings. The second-order valence-electron chi connectivity index (χ2n) is 2.78. The van der Waals surface area contributed by atoms with Crippen LogP contribution >= 0.6 is 23.8 Å². The van der Waals surface area contributed by atoms with Crippen molar-refractivity contribution in [3.8, 4) is 0 Å². The van der Waals surface area contributed by atoms with Crippen LogP contribution in [0.1, 0.15) is 5.56 Å². The van der Waals surface area contributed by atoms with Crippen LogP contribution in [-0.2, 0) is 0 Å². The maximum Gasteiger partial charge on any atom is 0.0921 e. The normalized spacial score (nSPS) is 9.69. The second kappa shape index (κ2) is 4.44. The number of rotatable bonds is 3. The first-order valence-electron chi connectivity index (χ1n) is 3.88. The van der Waals surface area contributed by atoms with Crippen LogP contribution in [0.3, 0.4) is 0 Å². The Bertz CT molecular complexity index is 325. The molecule has 1 aromatic carbocycles. The molecule has 0 aromatic heterocycles. The molecule has 0 aliphatic rings. The van der Waals surface area contributed by atoms with E-state index in [1.807, 2.05) is 25.1 Å². The standard InChI is InChI=1S/C9H11ClN2S/c1-6-4-7(10)2-3-8(6)12-5-9(11)13/h2-4,12H,5H2,1H3,(H2,11,13). The predicted molar refractivity (Wildman–Crippen MR) is 61.5 cm³/mol. The van der Waals surface area contributed by atoms with Crippen LogP contribution in [-0.4, -0.2) is 11.5 Å². The molecular weight excluding hydrogens is 204 g/mol. The topological polar surface area (TPSA) is 38.0 Å². The predicted octanol–water partition coefficient (Wildman–Crippen LogP) is 2.35. The summed E-state index contributed by atoms with van der Waals surface area (Å²) >= 11 is 10.6. The summed E-state index contributed by atoms with van der Waals surface area (Å²) in [4.78, 5) is 0.453. The number of anilines is 1. The lowest BCUT2D eigenvalue weighted by Crippen LogP contribution is -2.20. The summed E-state index contributed by atoms with van der Waals surface area (Å²) in [5.41, 5.74) is 7.46. The maximum absolute atomic E-state index is 5.80. The number of hydrogen-bond acceptors (Lipinski definition) is 2. The molecule has 0 atom stereocenters. The molecule has 4 heteroatoms. The van der Waals surface area contributed by atoms with Gasteiger partial charge in [-0.05, 0) is 30.7 Å². The Hall–Kier alpha value is -0.800. The number of nitrogens with two attached hydrogens (primary N) is 1. The molecule has 0 radical (unpaired) electrons. The van der Waals surface area contributed by atoms with Gasteiger partial charge in [-0.1, -0.05) is 23.8 Å². The van der Waals surface area contributed by atoms with Gasteiger partial charge in [-0.2, -0.15) is 0 Å². The Morgan fingerprint density at radius 2 is 2.31 bits per heavy atom. The minimum absolute atomic E-state index is 0.453. The number of halogens is 1. The molecule has 0 spiro atoms. The Morgan fingerprint density at radius 3 is 2.85 bits per heavy atom. The molecule has 0 heterocycles. The summed E-state index contributed by atoms with van der Waals surface area (Å²) < 4.78 is 0. The van der Waals surface area contributed by atoms with Crippen molar-refractivity contribution < 1.29 is 0 Å². The summed E-state index contributed by atoms with van der Waals surface area (Å²) in [6.45, 7) is 2.49. The zero-order chi connectivity index (χ0) is 9.84. The fraction of sp³-hybridized carbons (Fsp3) is 0.222. The molecule has 0 unspecified atom stereocenters. The lowest BCUT2D eigenvalue weighted by Gasteiger charge is -2.08. The molecule has 2 nitrogen and oxygen atoms in total. The van der Waals surface area contributed by atoms with Gasteiger partial charge in [-0.15, -0.1) is 0 Å². The SMILES string of the molecule is Cc1cc(Cl)ccc1NCC(N)=S. The van der Waals surface area contributed by atoms with Crippen LogP contribution in [0.4, 0.5) is 5.69 Å². The molecule has 0 bridgehead atoms. The first-order valence-corrected chi connectivity index (χ1v) is 4.66. The highest BCUT2D eigenvalue weighted by atomic mass is 35.5. The van der Waals surface area contributed by atoms with Gasteiger partial charge in [0.1, 0.15) is 0 Å². The largest absolute Gasteiger partial charge is 0.392 e. The van der Waals surface area contributed by atoms with E-state index in [1.54, 1.807) is 0 Å². The average Bonchev–Trinajstić information content (AvgIpc) is 2.02. The van der Waals surface area contributed by atoms with Crippen molar-refractivity contribution in [1.29, 1.82) is 0 Å². The van der Waals surface area contributed by atoms with E-state index in [9.17, 15) is 0 Å². The highest BCUT2D eigenvalue weighted by molar-refractivity contribution is 7.80. The minimum atomic E-state index is 0.453. The monoisotopic (exact) mass is 214 g/mol. The van der Waals surface area contributed by atoms with Crippen molar-refractivity contribution >= 4 is 34.5 Å². The summed E-state index contributed by atoms with van der Waals surface area (Å²) in [5, 5.41) is 3.85. The molecule has 13 heavy (non-hydrogen) atoms. The van der Waals surface area contributed by atoms with E-state index >= 15 is 0 Å². The fourth-order valence-corrected chi connectivity index (χ4v) is 1.31. The van der Waals surface area contributed by atoms with E-state index in [2.05, 4.69) is 5.32 Å². The van der Waals surface area contributed by atoms with Gasteiger partial charge < -0.3 is 11.1 Å². The van der Waals surface area contributed by atoms with Crippen LogP contribution in [0.2, 0.25) is 5.02 Å². The molecule has 1 rings (SSSR count). The minimum Gasteiger partial charge on any atom is -0.392 e. The van der Waals surface area contributed by atoms with Gasteiger partial charge in [-0.3, -0.25) is 0 Å². The molecule has 3 N–H and O–H groups in total. The fourth-order valence-electron chi connectivity index (χ4n) is 1.01. The van der Waals surface area contributed by atoms with Gasteiger partial charge in [0.2, 0.25) is 0 Å². The lowest BCUT2D eigenvalue weighted by atomic mass is 10.2. The third-order valence-electron chi connectivity index (χ3n) is 1.64. The van der Waals surface area contributed by atoms with Crippen molar-refractivity contribution in [2.45, 2.75) is 6.92 Å². The zero-order valence-corrected chi connectivity index (χ0v) is 8.88. The van der Waals surface area contributed by atoms with Gasteiger partial charge in [0.15, 0.2) is 0 Å². The number of nitrogens with one attached hydrogen (secondary N) is 1. The van der Waals surface area contributed by atoms with Crippen molar-refractivity contribution in [1.82, 2.24) is 0 Å². The van der Waals surface area contributed by atoms with E-state index < -0.39 is 0 Å². The van der Waals surface area contributed by atoms with Gasteiger partial charge in [0.25, 0.3) is 0 Å². The van der Waals surface area contributed by atoms with Gasteiger partial charge >= 0.3 is 0 Å². The average molecular weight is 215 g/mol. The van der Waals surface area contributed by atoms with Gasteiger partial charge in [0, 0.05) is 10.7 Å². The smallest absolute Gasteiger partial charge is 0.0921 e.